The average molecular weight is 228 g/mol. The molecule has 0 bridgehead atoms. The highest BCUT2D eigenvalue weighted by molar-refractivity contribution is 5.76. The normalized spacial score (nSPS) is 19.2. The Labute approximate surface area is 98.3 Å². The van der Waals surface area contributed by atoms with E-state index < -0.39 is 0 Å². The van der Waals surface area contributed by atoms with Gasteiger partial charge in [0.1, 0.15) is 11.7 Å². The van der Waals surface area contributed by atoms with Crippen LogP contribution in [0.4, 0.5) is 0 Å². The van der Waals surface area contributed by atoms with Crippen molar-refractivity contribution < 1.29 is 9.15 Å². The fourth-order valence-corrected chi connectivity index (χ4v) is 2.07. The van der Waals surface area contributed by atoms with E-state index in [0.717, 1.165) is 18.2 Å². The van der Waals surface area contributed by atoms with Gasteiger partial charge in [0, 0.05) is 5.39 Å². The first-order valence-electron chi connectivity index (χ1n) is 5.68. The first-order chi connectivity index (χ1) is 8.34. The third-order valence-electron chi connectivity index (χ3n) is 2.95. The highest BCUT2D eigenvalue weighted by atomic mass is 16.5. The molecule has 0 amide bonds. The molecule has 86 valence electrons. The second-order valence-corrected chi connectivity index (χ2v) is 4.10. The molecule has 0 N–H and O–H groups in total. The minimum Gasteiger partial charge on any atom is -0.493 e. The Balaban J connectivity index is 2.13. The van der Waals surface area contributed by atoms with Gasteiger partial charge < -0.3 is 9.15 Å². The van der Waals surface area contributed by atoms with Gasteiger partial charge >= 0.3 is 5.63 Å². The van der Waals surface area contributed by atoms with Crippen molar-refractivity contribution in [3.8, 4) is 0 Å². The third-order valence-corrected chi connectivity index (χ3v) is 2.95. The predicted molar refractivity (Wildman–Crippen MR) is 64.7 cm³/mol. The molecule has 1 aromatic heterocycles. The number of benzene rings is 1. The van der Waals surface area contributed by atoms with Gasteiger partial charge in [-0.05, 0) is 31.1 Å². The molecule has 0 fully saturated rings. The first-order valence-corrected chi connectivity index (χ1v) is 5.68. The summed E-state index contributed by atoms with van der Waals surface area (Å²) >= 11 is 0. The summed E-state index contributed by atoms with van der Waals surface area (Å²) in [4.78, 5) is 11.9. The average Bonchev–Trinajstić information content (AvgIpc) is 2.39. The summed E-state index contributed by atoms with van der Waals surface area (Å²) in [6.07, 6.45) is 5.18. The molecule has 0 aliphatic carbocycles. The van der Waals surface area contributed by atoms with E-state index in [2.05, 4.69) is 0 Å². The van der Waals surface area contributed by atoms with Crippen LogP contribution in [-0.2, 0) is 4.74 Å². The number of hydrogen-bond donors (Lipinski definition) is 0. The Morgan fingerprint density at radius 3 is 2.94 bits per heavy atom. The minimum absolute atomic E-state index is 0.180. The molecule has 17 heavy (non-hydrogen) atoms. The minimum atomic E-state index is -0.302. The molecule has 0 spiro atoms. The zero-order valence-corrected chi connectivity index (χ0v) is 9.26. The number of para-hydroxylation sites is 1. The van der Waals surface area contributed by atoms with Crippen molar-refractivity contribution in [2.75, 3.05) is 0 Å². The van der Waals surface area contributed by atoms with Crippen LogP contribution in [0.3, 0.4) is 0 Å². The molecule has 1 unspecified atom stereocenters. The van der Waals surface area contributed by atoms with E-state index in [4.69, 9.17) is 9.15 Å². The van der Waals surface area contributed by atoms with Crippen molar-refractivity contribution in [3.05, 3.63) is 58.7 Å². The van der Waals surface area contributed by atoms with Crippen LogP contribution in [0, 0.1) is 0 Å². The van der Waals surface area contributed by atoms with Gasteiger partial charge in [-0.1, -0.05) is 18.2 Å². The Morgan fingerprint density at radius 1 is 1.24 bits per heavy atom. The lowest BCUT2D eigenvalue weighted by atomic mass is 10.0. The summed E-state index contributed by atoms with van der Waals surface area (Å²) in [7, 11) is 0. The van der Waals surface area contributed by atoms with Crippen molar-refractivity contribution in [2.24, 2.45) is 0 Å². The van der Waals surface area contributed by atoms with Crippen molar-refractivity contribution in [2.45, 2.75) is 18.9 Å². The number of rotatable bonds is 1. The largest absolute Gasteiger partial charge is 0.493 e. The molecule has 2 aromatic rings. The SMILES string of the molecule is O=c1oc2ccccc2cc1C1CCC=CO1. The fraction of sp³-hybridized carbons (Fsp3) is 0.214. The van der Waals surface area contributed by atoms with E-state index >= 15 is 0 Å². The molecule has 3 rings (SSSR count). The molecular formula is C14H12O3. The molecule has 0 saturated heterocycles. The zero-order chi connectivity index (χ0) is 11.7. The van der Waals surface area contributed by atoms with Crippen molar-refractivity contribution in [1.29, 1.82) is 0 Å². The van der Waals surface area contributed by atoms with Crippen LogP contribution in [0.25, 0.3) is 11.0 Å². The molecule has 1 atom stereocenters. The molecule has 2 heterocycles. The lowest BCUT2D eigenvalue weighted by Crippen LogP contribution is -2.14. The quantitative estimate of drug-likeness (QED) is 0.704. The highest BCUT2D eigenvalue weighted by Crippen LogP contribution is 2.26. The predicted octanol–water partition coefficient (Wildman–Crippen LogP) is 3.16. The summed E-state index contributed by atoms with van der Waals surface area (Å²) in [5.74, 6) is 0. The maximum atomic E-state index is 11.9. The molecule has 0 radical (unpaired) electrons. The molecule has 3 heteroatoms. The van der Waals surface area contributed by atoms with Gasteiger partial charge in [0.15, 0.2) is 0 Å². The van der Waals surface area contributed by atoms with Gasteiger partial charge in [0.2, 0.25) is 0 Å². The summed E-state index contributed by atoms with van der Waals surface area (Å²) in [5.41, 5.74) is 0.921. The number of hydrogen-bond acceptors (Lipinski definition) is 3. The van der Waals surface area contributed by atoms with Gasteiger partial charge in [0.25, 0.3) is 0 Å². The summed E-state index contributed by atoms with van der Waals surface area (Å²) in [5, 5.41) is 0.931. The molecule has 1 aliphatic rings. The van der Waals surface area contributed by atoms with Gasteiger partial charge in [0.05, 0.1) is 11.8 Å². The summed E-state index contributed by atoms with van der Waals surface area (Å²) in [6.45, 7) is 0. The standard InChI is InChI=1S/C14H12O3/c15-14-11(13-7-3-4-8-16-13)9-10-5-1-2-6-12(10)17-14/h1-2,4-6,8-9,13H,3,7H2. The second kappa shape index (κ2) is 4.09. The number of ether oxygens (including phenoxy) is 1. The first kappa shape index (κ1) is 10.1. The summed E-state index contributed by atoms with van der Waals surface area (Å²) in [6, 6.07) is 9.37. The monoisotopic (exact) mass is 228 g/mol. The van der Waals surface area contributed by atoms with Gasteiger partial charge in [-0.25, -0.2) is 4.79 Å². The number of allylic oxidation sites excluding steroid dienone is 1. The van der Waals surface area contributed by atoms with Gasteiger partial charge in [-0.3, -0.25) is 0 Å². The molecule has 0 saturated carbocycles. The summed E-state index contributed by atoms with van der Waals surface area (Å²) < 4.78 is 10.7. The highest BCUT2D eigenvalue weighted by Gasteiger charge is 2.18. The Kier molecular flexibility index (Phi) is 2.44. The van der Waals surface area contributed by atoms with Crippen LogP contribution in [-0.4, -0.2) is 0 Å². The van der Waals surface area contributed by atoms with E-state index in [1.54, 1.807) is 12.3 Å². The van der Waals surface area contributed by atoms with E-state index in [0.29, 0.717) is 11.1 Å². The smallest absolute Gasteiger partial charge is 0.343 e. The molecular weight excluding hydrogens is 216 g/mol. The molecule has 1 aliphatic heterocycles. The third kappa shape index (κ3) is 1.84. The molecule has 1 aromatic carbocycles. The van der Waals surface area contributed by atoms with Crippen LogP contribution in [0.1, 0.15) is 24.5 Å². The van der Waals surface area contributed by atoms with Crippen LogP contribution >= 0.6 is 0 Å². The van der Waals surface area contributed by atoms with Gasteiger partial charge in [-0.15, -0.1) is 0 Å². The number of fused-ring (bicyclic) bond motifs is 1. The van der Waals surface area contributed by atoms with Crippen molar-refractivity contribution in [1.82, 2.24) is 0 Å². The van der Waals surface area contributed by atoms with Crippen LogP contribution in [0.15, 0.2) is 51.9 Å². The van der Waals surface area contributed by atoms with Crippen LogP contribution in [0.2, 0.25) is 0 Å². The van der Waals surface area contributed by atoms with E-state index in [1.165, 1.54) is 0 Å². The van der Waals surface area contributed by atoms with E-state index in [1.807, 2.05) is 30.3 Å². The van der Waals surface area contributed by atoms with Crippen LogP contribution in [0.5, 0.6) is 0 Å². The lowest BCUT2D eigenvalue weighted by Gasteiger charge is -2.18. The van der Waals surface area contributed by atoms with E-state index in [-0.39, 0.29) is 11.7 Å². The molecule has 3 nitrogen and oxygen atoms in total. The van der Waals surface area contributed by atoms with E-state index in [9.17, 15) is 4.79 Å². The van der Waals surface area contributed by atoms with Crippen molar-refractivity contribution >= 4 is 11.0 Å². The second-order valence-electron chi connectivity index (χ2n) is 4.10. The van der Waals surface area contributed by atoms with Crippen molar-refractivity contribution in [3.63, 3.8) is 0 Å². The topological polar surface area (TPSA) is 39.4 Å². The Hall–Kier alpha value is -2.03. The fourth-order valence-electron chi connectivity index (χ4n) is 2.07. The van der Waals surface area contributed by atoms with Crippen LogP contribution < -0.4 is 5.63 Å². The maximum absolute atomic E-state index is 11.9. The maximum Gasteiger partial charge on any atom is 0.343 e. The zero-order valence-electron chi connectivity index (χ0n) is 9.26. The Morgan fingerprint density at radius 2 is 2.12 bits per heavy atom. The Bertz CT molecular complexity index is 625. The lowest BCUT2D eigenvalue weighted by molar-refractivity contribution is 0.122. The van der Waals surface area contributed by atoms with Gasteiger partial charge in [-0.2, -0.15) is 0 Å².